The van der Waals surface area contributed by atoms with Crippen molar-refractivity contribution >= 4 is 16.9 Å². The molecule has 2 heterocycles. The Balaban J connectivity index is 2.59. The molecule has 0 fully saturated rings. The number of nitrogens with zero attached hydrogens (tertiary/aromatic N) is 1. The van der Waals surface area contributed by atoms with E-state index in [1.54, 1.807) is 0 Å². The molecule has 2 aromatic heterocycles. The molecule has 0 bridgehead atoms. The number of fused-ring (bicyclic) bond motifs is 1. The van der Waals surface area contributed by atoms with Gasteiger partial charge in [0, 0.05) is 5.39 Å². The van der Waals surface area contributed by atoms with Gasteiger partial charge in [-0.25, -0.2) is 4.98 Å². The highest BCUT2D eigenvalue weighted by molar-refractivity contribution is 5.94. The fraction of sp³-hybridized carbons (Fsp3) is 0.111. The highest BCUT2D eigenvalue weighted by Gasteiger charge is 2.35. The van der Waals surface area contributed by atoms with Gasteiger partial charge in [-0.05, 0) is 12.1 Å². The van der Waals surface area contributed by atoms with Crippen molar-refractivity contribution in [2.24, 2.45) is 5.73 Å². The molecule has 0 aromatic carbocycles. The second-order valence-electron chi connectivity index (χ2n) is 3.08. The van der Waals surface area contributed by atoms with Gasteiger partial charge >= 0.3 is 6.18 Å². The quantitative estimate of drug-likeness (QED) is 0.813. The molecule has 0 saturated carbocycles. The van der Waals surface area contributed by atoms with Crippen LogP contribution in [-0.4, -0.2) is 10.9 Å². The minimum atomic E-state index is -4.56. The standard InChI is InChI=1S/C9H5F3N2O2/c10-9(11,12)7-2-4-1-5(8(13)15)14-3-6(4)16-7/h1-3H,(H2,13,15). The van der Waals surface area contributed by atoms with Gasteiger partial charge in [0.25, 0.3) is 5.91 Å². The molecule has 84 valence electrons. The number of hydrogen-bond donors (Lipinski definition) is 1. The Hall–Kier alpha value is -2.05. The van der Waals surface area contributed by atoms with Crippen LogP contribution < -0.4 is 5.73 Å². The number of halogens is 3. The van der Waals surface area contributed by atoms with Crippen molar-refractivity contribution in [3.05, 3.63) is 29.8 Å². The lowest BCUT2D eigenvalue weighted by Gasteiger charge is -1.98. The minimum absolute atomic E-state index is 0.0441. The highest BCUT2D eigenvalue weighted by atomic mass is 19.4. The largest absolute Gasteiger partial charge is 0.450 e. The van der Waals surface area contributed by atoms with Crippen molar-refractivity contribution in [1.82, 2.24) is 4.98 Å². The Kier molecular flexibility index (Phi) is 2.11. The third-order valence-corrected chi connectivity index (χ3v) is 1.94. The predicted octanol–water partition coefficient (Wildman–Crippen LogP) is 1.95. The van der Waals surface area contributed by atoms with Crippen LogP contribution in [0.15, 0.2) is 22.7 Å². The average Bonchev–Trinajstić information content (AvgIpc) is 2.58. The maximum absolute atomic E-state index is 12.3. The number of nitrogens with two attached hydrogens (primary N) is 1. The van der Waals surface area contributed by atoms with Gasteiger partial charge in [0.15, 0.2) is 5.58 Å². The molecule has 1 amide bonds. The normalized spacial score (nSPS) is 11.9. The summed E-state index contributed by atoms with van der Waals surface area (Å²) in [6.07, 6.45) is -3.53. The van der Waals surface area contributed by atoms with E-state index in [0.29, 0.717) is 0 Å². The van der Waals surface area contributed by atoms with Gasteiger partial charge in [-0.2, -0.15) is 13.2 Å². The maximum Gasteiger partial charge on any atom is 0.449 e. The number of carbonyl (C=O) groups excluding carboxylic acids is 1. The van der Waals surface area contributed by atoms with E-state index in [2.05, 4.69) is 9.40 Å². The van der Waals surface area contributed by atoms with E-state index in [-0.39, 0.29) is 16.7 Å². The van der Waals surface area contributed by atoms with Crippen molar-refractivity contribution in [1.29, 1.82) is 0 Å². The molecular formula is C9H5F3N2O2. The summed E-state index contributed by atoms with van der Waals surface area (Å²) in [5, 5.41) is 0.135. The minimum Gasteiger partial charge on any atom is -0.450 e. The fourth-order valence-electron chi connectivity index (χ4n) is 1.22. The Morgan fingerprint density at radius 2 is 2.06 bits per heavy atom. The number of carbonyl (C=O) groups is 1. The first-order chi connectivity index (χ1) is 7.38. The van der Waals surface area contributed by atoms with Gasteiger partial charge in [-0.1, -0.05) is 0 Å². The van der Waals surface area contributed by atoms with E-state index in [1.165, 1.54) is 0 Å². The zero-order valence-corrected chi connectivity index (χ0v) is 7.71. The lowest BCUT2D eigenvalue weighted by molar-refractivity contribution is -0.152. The predicted molar refractivity (Wildman–Crippen MR) is 47.5 cm³/mol. The van der Waals surface area contributed by atoms with Crippen LogP contribution in [-0.2, 0) is 6.18 Å². The highest BCUT2D eigenvalue weighted by Crippen LogP contribution is 2.33. The molecule has 7 heteroatoms. The molecule has 0 unspecified atom stereocenters. The summed E-state index contributed by atoms with van der Waals surface area (Å²) in [6.45, 7) is 0. The van der Waals surface area contributed by atoms with Gasteiger partial charge in [0.1, 0.15) is 5.69 Å². The van der Waals surface area contributed by atoms with Gasteiger partial charge in [-0.15, -0.1) is 0 Å². The lowest BCUT2D eigenvalue weighted by atomic mass is 10.2. The van der Waals surface area contributed by atoms with Gasteiger partial charge in [0.05, 0.1) is 6.20 Å². The first kappa shape index (κ1) is 10.5. The number of primary amides is 1. The summed E-state index contributed by atoms with van der Waals surface area (Å²) in [4.78, 5) is 14.3. The first-order valence-electron chi connectivity index (χ1n) is 4.14. The molecule has 0 aliphatic heterocycles. The van der Waals surface area contributed by atoms with Crippen LogP contribution in [0.2, 0.25) is 0 Å². The Morgan fingerprint density at radius 3 is 2.62 bits per heavy atom. The van der Waals surface area contributed by atoms with Crippen LogP contribution >= 0.6 is 0 Å². The molecule has 16 heavy (non-hydrogen) atoms. The molecule has 2 aromatic rings. The van der Waals surface area contributed by atoms with E-state index in [0.717, 1.165) is 18.3 Å². The Morgan fingerprint density at radius 1 is 1.38 bits per heavy atom. The number of pyridine rings is 1. The van der Waals surface area contributed by atoms with E-state index >= 15 is 0 Å². The number of aromatic nitrogens is 1. The zero-order chi connectivity index (χ0) is 11.9. The molecule has 0 aliphatic rings. The van der Waals surface area contributed by atoms with Gasteiger partial charge in [-0.3, -0.25) is 4.79 Å². The molecule has 2 N–H and O–H groups in total. The number of furan rings is 1. The Bertz CT molecular complexity index is 559. The molecule has 2 rings (SSSR count). The third-order valence-electron chi connectivity index (χ3n) is 1.94. The molecular weight excluding hydrogens is 225 g/mol. The number of alkyl halides is 3. The molecule has 0 spiro atoms. The molecule has 0 saturated heterocycles. The summed E-state index contributed by atoms with van der Waals surface area (Å²) in [6, 6.07) is 1.94. The van der Waals surface area contributed by atoms with Crippen molar-refractivity contribution in [3.63, 3.8) is 0 Å². The third kappa shape index (κ3) is 1.71. The summed E-state index contributed by atoms with van der Waals surface area (Å²) in [5.74, 6) is -1.94. The summed E-state index contributed by atoms with van der Waals surface area (Å²) in [7, 11) is 0. The van der Waals surface area contributed by atoms with Crippen LogP contribution in [0, 0.1) is 0 Å². The maximum atomic E-state index is 12.3. The zero-order valence-electron chi connectivity index (χ0n) is 7.71. The monoisotopic (exact) mass is 230 g/mol. The summed E-state index contributed by atoms with van der Waals surface area (Å²) in [5.41, 5.74) is 4.79. The molecule has 0 radical (unpaired) electrons. The summed E-state index contributed by atoms with van der Waals surface area (Å²) < 4.78 is 41.4. The summed E-state index contributed by atoms with van der Waals surface area (Å²) >= 11 is 0. The molecule has 0 aliphatic carbocycles. The van der Waals surface area contributed by atoms with Crippen molar-refractivity contribution < 1.29 is 22.4 Å². The van der Waals surface area contributed by atoms with Gasteiger partial charge in [0.2, 0.25) is 5.76 Å². The number of amides is 1. The average molecular weight is 230 g/mol. The second kappa shape index (κ2) is 3.22. The topological polar surface area (TPSA) is 69.1 Å². The lowest BCUT2D eigenvalue weighted by Crippen LogP contribution is -2.12. The first-order valence-corrected chi connectivity index (χ1v) is 4.14. The SMILES string of the molecule is NC(=O)c1cc2cc(C(F)(F)F)oc2cn1. The number of rotatable bonds is 1. The smallest absolute Gasteiger partial charge is 0.449 e. The van der Waals surface area contributed by atoms with Crippen molar-refractivity contribution in [2.45, 2.75) is 6.18 Å². The van der Waals surface area contributed by atoms with E-state index in [1.807, 2.05) is 0 Å². The van der Waals surface area contributed by atoms with Crippen LogP contribution in [0.1, 0.15) is 16.2 Å². The Labute approximate surface area is 86.9 Å². The van der Waals surface area contributed by atoms with E-state index in [9.17, 15) is 18.0 Å². The number of hydrogen-bond acceptors (Lipinski definition) is 3. The second-order valence-corrected chi connectivity index (χ2v) is 3.08. The fourth-order valence-corrected chi connectivity index (χ4v) is 1.22. The van der Waals surface area contributed by atoms with Crippen LogP contribution in [0.25, 0.3) is 11.0 Å². The van der Waals surface area contributed by atoms with E-state index in [4.69, 9.17) is 5.73 Å². The molecule has 4 nitrogen and oxygen atoms in total. The van der Waals surface area contributed by atoms with E-state index < -0.39 is 17.8 Å². The van der Waals surface area contributed by atoms with Crippen molar-refractivity contribution in [2.75, 3.05) is 0 Å². The van der Waals surface area contributed by atoms with Crippen molar-refractivity contribution in [3.8, 4) is 0 Å². The van der Waals surface area contributed by atoms with Crippen LogP contribution in [0.4, 0.5) is 13.2 Å². The van der Waals surface area contributed by atoms with Crippen LogP contribution in [0.5, 0.6) is 0 Å². The van der Waals surface area contributed by atoms with Crippen LogP contribution in [0.3, 0.4) is 0 Å². The van der Waals surface area contributed by atoms with Gasteiger partial charge < -0.3 is 10.2 Å². The molecule has 0 atom stereocenters.